The van der Waals surface area contributed by atoms with E-state index in [4.69, 9.17) is 4.98 Å². The molecule has 0 radical (unpaired) electrons. The molecule has 0 unspecified atom stereocenters. The summed E-state index contributed by atoms with van der Waals surface area (Å²) in [7, 11) is 0. The molecule has 5 aromatic carbocycles. The maximum absolute atomic E-state index is 5.22. The first-order valence-corrected chi connectivity index (χ1v) is 13.7. The summed E-state index contributed by atoms with van der Waals surface area (Å²) in [4.78, 5) is 5.22. The van der Waals surface area contributed by atoms with Crippen LogP contribution in [0.1, 0.15) is 36.1 Å². The highest BCUT2D eigenvalue weighted by Crippen LogP contribution is 2.49. The number of pyridine rings is 1. The Morgan fingerprint density at radius 1 is 0.487 bits per heavy atom. The van der Waals surface area contributed by atoms with E-state index < -0.39 is 0 Å². The molecule has 6 aromatic rings. The summed E-state index contributed by atoms with van der Waals surface area (Å²) in [5, 5.41) is 1.18. The van der Waals surface area contributed by atoms with E-state index in [2.05, 4.69) is 143 Å². The smallest absolute Gasteiger partial charge is 0.0716 e. The predicted octanol–water partition coefficient (Wildman–Crippen LogP) is 10.2. The summed E-state index contributed by atoms with van der Waals surface area (Å²) < 4.78 is 0. The van der Waals surface area contributed by atoms with Gasteiger partial charge in [0, 0.05) is 16.4 Å². The zero-order valence-electron chi connectivity index (χ0n) is 22.9. The topological polar surface area (TPSA) is 12.9 Å². The second-order valence-corrected chi connectivity index (χ2v) is 11.5. The molecule has 0 bridgehead atoms. The SMILES string of the molecule is Cc1cc(C)cc(-c2ccc3nc(-c4ccc5c(c4)C(C)(C)c4ccccc4-5)cc(-c4ccccc4)c3c2)c1. The lowest BCUT2D eigenvalue weighted by atomic mass is 9.82. The van der Waals surface area contributed by atoms with Crippen molar-refractivity contribution in [2.45, 2.75) is 33.1 Å². The molecule has 1 heteroatoms. The first-order chi connectivity index (χ1) is 18.9. The molecule has 1 heterocycles. The maximum Gasteiger partial charge on any atom is 0.0716 e. The van der Waals surface area contributed by atoms with E-state index in [1.807, 2.05) is 0 Å². The Bertz CT molecular complexity index is 1870. The molecular formula is C38H31N. The minimum atomic E-state index is -0.0398. The number of rotatable bonds is 3. The minimum Gasteiger partial charge on any atom is -0.248 e. The zero-order chi connectivity index (χ0) is 26.7. The third kappa shape index (κ3) is 3.89. The number of aryl methyl sites for hydroxylation is 2. The van der Waals surface area contributed by atoms with Gasteiger partial charge in [-0.3, -0.25) is 0 Å². The molecule has 188 valence electrons. The van der Waals surface area contributed by atoms with Crippen LogP contribution in [0.3, 0.4) is 0 Å². The molecule has 0 spiro atoms. The molecule has 1 aliphatic carbocycles. The van der Waals surface area contributed by atoms with Crippen molar-refractivity contribution in [1.82, 2.24) is 4.98 Å². The van der Waals surface area contributed by atoms with Gasteiger partial charge in [0.25, 0.3) is 0 Å². The number of hydrogen-bond acceptors (Lipinski definition) is 1. The van der Waals surface area contributed by atoms with Gasteiger partial charge in [-0.2, -0.15) is 0 Å². The fourth-order valence-electron chi connectivity index (χ4n) is 6.41. The normalized spacial score (nSPS) is 13.3. The Labute approximate surface area is 230 Å². The summed E-state index contributed by atoms with van der Waals surface area (Å²) in [6.45, 7) is 8.99. The van der Waals surface area contributed by atoms with Crippen LogP contribution in [0.2, 0.25) is 0 Å². The van der Waals surface area contributed by atoms with Gasteiger partial charge in [0.1, 0.15) is 0 Å². The first kappa shape index (κ1) is 23.6. The average molecular weight is 502 g/mol. The standard InChI is InChI=1S/C38H31N/c1-24-18-25(2)20-29(19-24)27-15-17-36-33(21-27)32(26-10-6-5-7-11-26)23-37(39-36)28-14-16-31-30-12-8-9-13-34(30)38(3,4)35(31)22-28/h5-23H,1-4H3. The number of benzene rings is 5. The number of nitrogens with zero attached hydrogens (tertiary/aromatic N) is 1. The Hall–Kier alpha value is -4.49. The molecule has 0 aliphatic heterocycles. The van der Waals surface area contributed by atoms with E-state index in [1.165, 1.54) is 61.0 Å². The largest absolute Gasteiger partial charge is 0.248 e. The Balaban J connectivity index is 1.42. The monoisotopic (exact) mass is 501 g/mol. The fraction of sp³-hybridized carbons (Fsp3) is 0.132. The van der Waals surface area contributed by atoms with Crippen molar-refractivity contribution >= 4 is 10.9 Å². The van der Waals surface area contributed by atoms with Crippen LogP contribution < -0.4 is 0 Å². The van der Waals surface area contributed by atoms with Crippen molar-refractivity contribution in [1.29, 1.82) is 0 Å². The summed E-state index contributed by atoms with van der Waals surface area (Å²) in [5.74, 6) is 0. The molecule has 0 saturated heterocycles. The van der Waals surface area contributed by atoms with E-state index >= 15 is 0 Å². The van der Waals surface area contributed by atoms with Gasteiger partial charge in [-0.1, -0.05) is 116 Å². The van der Waals surface area contributed by atoms with Gasteiger partial charge >= 0.3 is 0 Å². The molecule has 0 fully saturated rings. The van der Waals surface area contributed by atoms with E-state index in [-0.39, 0.29) is 5.41 Å². The summed E-state index contributed by atoms with van der Waals surface area (Å²) in [6, 6.07) is 42.1. The second-order valence-electron chi connectivity index (χ2n) is 11.5. The summed E-state index contributed by atoms with van der Waals surface area (Å²) in [6.07, 6.45) is 0. The van der Waals surface area contributed by atoms with Gasteiger partial charge in [-0.15, -0.1) is 0 Å². The molecular weight excluding hydrogens is 470 g/mol. The molecule has 1 aliphatic rings. The predicted molar refractivity (Wildman–Crippen MR) is 165 cm³/mol. The van der Waals surface area contributed by atoms with Crippen LogP contribution in [0, 0.1) is 13.8 Å². The van der Waals surface area contributed by atoms with E-state index in [0.717, 1.165) is 16.8 Å². The maximum atomic E-state index is 5.22. The van der Waals surface area contributed by atoms with Gasteiger partial charge in [0.15, 0.2) is 0 Å². The van der Waals surface area contributed by atoms with Gasteiger partial charge in [0.05, 0.1) is 11.2 Å². The Morgan fingerprint density at radius 3 is 1.97 bits per heavy atom. The molecule has 0 amide bonds. The molecule has 0 atom stereocenters. The highest BCUT2D eigenvalue weighted by Gasteiger charge is 2.35. The van der Waals surface area contributed by atoms with Gasteiger partial charge < -0.3 is 0 Å². The number of aromatic nitrogens is 1. The van der Waals surface area contributed by atoms with Crippen LogP contribution in [0.15, 0.2) is 115 Å². The van der Waals surface area contributed by atoms with Crippen molar-refractivity contribution in [2.24, 2.45) is 0 Å². The van der Waals surface area contributed by atoms with Crippen molar-refractivity contribution in [3.63, 3.8) is 0 Å². The van der Waals surface area contributed by atoms with E-state index in [0.29, 0.717) is 0 Å². The van der Waals surface area contributed by atoms with Crippen LogP contribution >= 0.6 is 0 Å². The first-order valence-electron chi connectivity index (χ1n) is 13.7. The van der Waals surface area contributed by atoms with Crippen LogP contribution in [0.5, 0.6) is 0 Å². The molecule has 0 N–H and O–H groups in total. The van der Waals surface area contributed by atoms with Gasteiger partial charge in [-0.05, 0) is 82.6 Å². The van der Waals surface area contributed by atoms with Crippen LogP contribution in [0.25, 0.3) is 55.5 Å². The number of hydrogen-bond donors (Lipinski definition) is 0. The summed E-state index contributed by atoms with van der Waals surface area (Å²) >= 11 is 0. The van der Waals surface area contributed by atoms with Crippen LogP contribution in [0.4, 0.5) is 0 Å². The molecule has 0 saturated carbocycles. The lowest BCUT2D eigenvalue weighted by Gasteiger charge is -2.22. The summed E-state index contributed by atoms with van der Waals surface area (Å²) in [5.41, 5.74) is 16.0. The zero-order valence-corrected chi connectivity index (χ0v) is 22.9. The third-order valence-corrected chi connectivity index (χ3v) is 8.33. The lowest BCUT2D eigenvalue weighted by molar-refractivity contribution is 0.660. The Morgan fingerprint density at radius 2 is 1.18 bits per heavy atom. The fourth-order valence-corrected chi connectivity index (χ4v) is 6.41. The average Bonchev–Trinajstić information content (AvgIpc) is 3.18. The molecule has 1 nitrogen and oxygen atoms in total. The number of fused-ring (bicyclic) bond motifs is 4. The third-order valence-electron chi connectivity index (χ3n) is 8.33. The molecule has 39 heavy (non-hydrogen) atoms. The highest BCUT2D eigenvalue weighted by molar-refractivity contribution is 5.99. The van der Waals surface area contributed by atoms with Crippen LogP contribution in [-0.2, 0) is 5.41 Å². The molecule has 7 rings (SSSR count). The van der Waals surface area contributed by atoms with Crippen molar-refractivity contribution in [3.8, 4) is 44.6 Å². The van der Waals surface area contributed by atoms with E-state index in [1.54, 1.807) is 0 Å². The minimum absolute atomic E-state index is 0.0398. The van der Waals surface area contributed by atoms with Gasteiger partial charge in [0.2, 0.25) is 0 Å². The highest BCUT2D eigenvalue weighted by atomic mass is 14.7. The second kappa shape index (κ2) is 8.78. The van der Waals surface area contributed by atoms with Crippen molar-refractivity contribution in [2.75, 3.05) is 0 Å². The van der Waals surface area contributed by atoms with Gasteiger partial charge in [-0.25, -0.2) is 4.98 Å². The quantitative estimate of drug-likeness (QED) is 0.235. The van der Waals surface area contributed by atoms with Crippen molar-refractivity contribution < 1.29 is 0 Å². The lowest BCUT2D eigenvalue weighted by Crippen LogP contribution is -2.14. The Kier molecular flexibility index (Phi) is 5.32. The van der Waals surface area contributed by atoms with Crippen molar-refractivity contribution in [3.05, 3.63) is 138 Å². The van der Waals surface area contributed by atoms with E-state index in [9.17, 15) is 0 Å². The van der Waals surface area contributed by atoms with Crippen LogP contribution in [-0.4, -0.2) is 4.98 Å². The molecule has 1 aromatic heterocycles.